The summed E-state index contributed by atoms with van der Waals surface area (Å²) >= 11 is 0. The van der Waals surface area contributed by atoms with Crippen LogP contribution in [0.15, 0.2) is 122 Å². The molecule has 0 aromatic rings. The second-order valence-electron chi connectivity index (χ2n) is 28.8. The average molecular weight is 1480 g/mol. The third-order valence-electron chi connectivity index (χ3n) is 19.7. The zero-order valence-electron chi connectivity index (χ0n) is 64.7. The smallest absolute Gasteiger partial charge is 0.220 e. The van der Waals surface area contributed by atoms with Crippen molar-refractivity contribution in [1.29, 1.82) is 0 Å². The summed E-state index contributed by atoms with van der Waals surface area (Å²) in [6.07, 6.45) is 64.8. The molecule has 3 heterocycles. The van der Waals surface area contributed by atoms with Crippen LogP contribution in [0.25, 0.3) is 0 Å². The Morgan fingerprint density at radius 2 is 0.667 bits per heavy atom. The number of carbonyl (C=O) groups excluding carboxylic acids is 1. The quantitative estimate of drug-likeness (QED) is 0.0199. The number of carbonyl (C=O) groups is 1. The molecule has 19 nitrogen and oxygen atoms in total. The van der Waals surface area contributed by atoms with Gasteiger partial charge in [-0.3, -0.25) is 4.79 Å². The Balaban J connectivity index is 1.34. The maximum absolute atomic E-state index is 13.5. The fraction of sp³-hybridized carbons (Fsp3) is 0.756. The highest BCUT2D eigenvalue weighted by Crippen LogP contribution is 2.33. The fourth-order valence-corrected chi connectivity index (χ4v) is 13.1. The topological polar surface area (TPSA) is 307 Å². The van der Waals surface area contributed by atoms with E-state index in [1.165, 1.54) is 161 Å². The molecule has 3 fully saturated rings. The number of aliphatic hydroxyl groups excluding tert-OH is 11. The lowest BCUT2D eigenvalue weighted by Gasteiger charge is -2.48. The predicted octanol–water partition coefficient (Wildman–Crippen LogP) is 14.3. The van der Waals surface area contributed by atoms with Crippen LogP contribution < -0.4 is 5.32 Å². The monoisotopic (exact) mass is 1480 g/mol. The number of allylic oxidation sites excluding steroid dienone is 19. The lowest BCUT2D eigenvalue weighted by Crippen LogP contribution is -2.66. The molecule has 0 bridgehead atoms. The van der Waals surface area contributed by atoms with Crippen molar-refractivity contribution in [2.24, 2.45) is 0 Å². The normalized spacial score (nSPS) is 26.4. The van der Waals surface area contributed by atoms with Gasteiger partial charge in [-0.15, -0.1) is 0 Å². The van der Waals surface area contributed by atoms with Crippen molar-refractivity contribution in [3.05, 3.63) is 122 Å². The highest BCUT2D eigenvalue weighted by atomic mass is 16.8. The van der Waals surface area contributed by atoms with Gasteiger partial charge in [-0.25, -0.2) is 0 Å². The molecule has 17 unspecified atom stereocenters. The minimum Gasteiger partial charge on any atom is -0.394 e. The molecule has 105 heavy (non-hydrogen) atoms. The zero-order chi connectivity index (χ0) is 76.0. The molecule has 0 aliphatic carbocycles. The molecule has 3 aliphatic rings. The molecule has 17 atom stereocenters. The van der Waals surface area contributed by atoms with Gasteiger partial charge in [-0.05, 0) is 103 Å². The van der Waals surface area contributed by atoms with E-state index in [2.05, 4.69) is 129 Å². The van der Waals surface area contributed by atoms with Gasteiger partial charge in [0.1, 0.15) is 73.2 Å². The Hall–Kier alpha value is -3.81. The van der Waals surface area contributed by atoms with E-state index in [9.17, 15) is 61.0 Å². The van der Waals surface area contributed by atoms with Gasteiger partial charge in [0.25, 0.3) is 0 Å². The maximum atomic E-state index is 13.5. The predicted molar refractivity (Wildman–Crippen MR) is 420 cm³/mol. The van der Waals surface area contributed by atoms with Crippen LogP contribution in [0, 0.1) is 0 Å². The van der Waals surface area contributed by atoms with E-state index < -0.39 is 124 Å². The van der Waals surface area contributed by atoms with E-state index in [1.54, 1.807) is 6.08 Å². The molecule has 3 saturated heterocycles. The van der Waals surface area contributed by atoms with Crippen molar-refractivity contribution in [3.8, 4) is 0 Å². The lowest BCUT2D eigenvalue weighted by molar-refractivity contribution is -0.379. The Morgan fingerprint density at radius 3 is 1.07 bits per heavy atom. The van der Waals surface area contributed by atoms with E-state index in [1.807, 2.05) is 6.08 Å². The molecule has 0 radical (unpaired) electrons. The van der Waals surface area contributed by atoms with Crippen LogP contribution in [0.3, 0.4) is 0 Å². The summed E-state index contributed by atoms with van der Waals surface area (Å²) in [7, 11) is 0. The van der Waals surface area contributed by atoms with Gasteiger partial charge in [0.15, 0.2) is 18.9 Å². The number of rotatable bonds is 64. The van der Waals surface area contributed by atoms with Gasteiger partial charge in [-0.1, -0.05) is 296 Å². The Bertz CT molecular complexity index is 2370. The van der Waals surface area contributed by atoms with Gasteiger partial charge in [-0.2, -0.15) is 0 Å². The first kappa shape index (κ1) is 95.4. The fourth-order valence-electron chi connectivity index (χ4n) is 13.1. The largest absolute Gasteiger partial charge is 0.394 e. The molecular formula is C86H147NO18. The third kappa shape index (κ3) is 44.6. The number of hydrogen-bond acceptors (Lipinski definition) is 18. The number of unbranched alkanes of at least 4 members (excludes halogenated alkanes) is 30. The number of ether oxygens (including phenoxy) is 6. The van der Waals surface area contributed by atoms with Crippen molar-refractivity contribution < 1.29 is 89.4 Å². The summed E-state index contributed by atoms with van der Waals surface area (Å²) < 4.78 is 34.4. The Kier molecular flexibility index (Phi) is 59.0. The van der Waals surface area contributed by atoms with E-state index in [0.29, 0.717) is 12.8 Å². The van der Waals surface area contributed by atoms with Crippen LogP contribution >= 0.6 is 0 Å². The van der Waals surface area contributed by atoms with E-state index in [0.717, 1.165) is 89.9 Å². The van der Waals surface area contributed by atoms with E-state index in [4.69, 9.17) is 28.4 Å². The first-order chi connectivity index (χ1) is 51.3. The molecule has 3 aliphatic heterocycles. The van der Waals surface area contributed by atoms with Crippen LogP contribution in [0.2, 0.25) is 0 Å². The molecule has 0 saturated carbocycles. The molecule has 12 N–H and O–H groups in total. The van der Waals surface area contributed by atoms with Crippen molar-refractivity contribution in [2.75, 3.05) is 26.4 Å². The molecular weight excluding hydrogens is 1330 g/mol. The summed E-state index contributed by atoms with van der Waals surface area (Å²) in [5.74, 6) is -0.290. The van der Waals surface area contributed by atoms with E-state index in [-0.39, 0.29) is 18.9 Å². The average Bonchev–Trinajstić information content (AvgIpc) is 0.780. The van der Waals surface area contributed by atoms with Gasteiger partial charge in [0.05, 0.1) is 38.6 Å². The number of hydrogen-bond donors (Lipinski definition) is 12. The van der Waals surface area contributed by atoms with Crippen molar-refractivity contribution >= 4 is 5.91 Å². The number of aliphatic hydroxyl groups is 11. The molecule has 19 heteroatoms. The van der Waals surface area contributed by atoms with Crippen LogP contribution in [-0.2, 0) is 33.2 Å². The summed E-state index contributed by atoms with van der Waals surface area (Å²) in [4.78, 5) is 13.5. The highest BCUT2D eigenvalue weighted by molar-refractivity contribution is 5.76. The summed E-state index contributed by atoms with van der Waals surface area (Å²) in [5, 5.41) is 121. The second kappa shape index (κ2) is 65.0. The second-order valence-corrected chi connectivity index (χ2v) is 28.8. The van der Waals surface area contributed by atoms with Crippen LogP contribution in [0.1, 0.15) is 284 Å². The van der Waals surface area contributed by atoms with Gasteiger partial charge in [0, 0.05) is 6.42 Å². The van der Waals surface area contributed by atoms with Gasteiger partial charge >= 0.3 is 0 Å². The minimum atomic E-state index is -1.99. The zero-order valence-corrected chi connectivity index (χ0v) is 64.7. The van der Waals surface area contributed by atoms with Gasteiger partial charge in [0.2, 0.25) is 5.91 Å². The van der Waals surface area contributed by atoms with Crippen LogP contribution in [0.5, 0.6) is 0 Å². The molecule has 0 aromatic heterocycles. The standard InChI is InChI=1S/C86H147NO18/c1-3-5-7-9-11-13-15-17-19-21-23-25-26-27-28-29-30-31-32-33-34-35-36-37-38-39-40-41-42-44-46-48-50-52-54-56-58-60-62-64-74(92)87-69(70(91)63-61-59-57-55-53-51-49-47-45-43-24-22-20-18-16-14-12-10-8-6-4-2)68-100-84-80(98)77(95)82(72(66-89)102-84)105-86-81(99)78(96)83(73(67-90)103-86)104-85-79(97)76(94)75(93)71(65-88)101-85/h5,7,11,13,17,19,23,25,27-28,30-31,33-34,45,47,53,55,61,63,69-73,75-86,88-91,93-99H,3-4,6,8-10,12,14-16,18,20-22,24,26,29,32,35-44,46,48-52,54,56-60,62,64-68H2,1-2H3,(H,87,92)/b7-5-,13-11-,19-17-,25-23-,28-27-,31-30-,34-33-,47-45+,55-53+,63-61+. The lowest BCUT2D eigenvalue weighted by atomic mass is 9.96. The van der Waals surface area contributed by atoms with Crippen LogP contribution in [-0.4, -0.2) is 193 Å². The molecule has 0 aromatic carbocycles. The maximum Gasteiger partial charge on any atom is 0.220 e. The summed E-state index contributed by atoms with van der Waals surface area (Å²) in [5.41, 5.74) is 0. The molecule has 604 valence electrons. The number of nitrogens with one attached hydrogen (secondary N) is 1. The SMILES string of the molecule is CC/C=C\C/C=C\C/C=C\C/C=C\C/C=C\C/C=C\C/C=C\CCCCCCCCCCCCCCCCCCCC(=O)NC(COC1OC(CO)C(OC2OC(CO)C(OC3OC(CO)C(O)C(O)C3O)C(O)C2O)C(O)C1O)C(O)/C=C/CC/C=C/CC/C=C/CCCCCCCCCCCCC. The summed E-state index contributed by atoms with van der Waals surface area (Å²) in [6, 6.07) is -1.00. The van der Waals surface area contributed by atoms with Crippen LogP contribution in [0.4, 0.5) is 0 Å². The highest BCUT2D eigenvalue weighted by Gasteiger charge is 2.54. The minimum absolute atomic E-state index is 0.227. The molecule has 0 spiro atoms. The molecule has 3 rings (SSSR count). The van der Waals surface area contributed by atoms with Crippen molar-refractivity contribution in [3.63, 3.8) is 0 Å². The first-order valence-corrected chi connectivity index (χ1v) is 41.3. The van der Waals surface area contributed by atoms with Gasteiger partial charge < -0.3 is 89.9 Å². The Morgan fingerprint density at radius 1 is 0.352 bits per heavy atom. The number of amides is 1. The third-order valence-corrected chi connectivity index (χ3v) is 19.7. The van der Waals surface area contributed by atoms with E-state index >= 15 is 0 Å². The molecule has 1 amide bonds. The first-order valence-electron chi connectivity index (χ1n) is 41.3. The van der Waals surface area contributed by atoms with Crippen molar-refractivity contribution in [2.45, 2.75) is 388 Å². The Labute approximate surface area is 633 Å². The summed E-state index contributed by atoms with van der Waals surface area (Å²) in [6.45, 7) is 1.61. The van der Waals surface area contributed by atoms with Crippen molar-refractivity contribution in [1.82, 2.24) is 5.32 Å².